The van der Waals surface area contributed by atoms with E-state index in [4.69, 9.17) is 20.1 Å². The Labute approximate surface area is 151 Å². The molecule has 1 unspecified atom stereocenters. The highest BCUT2D eigenvalue weighted by molar-refractivity contribution is 5.91. The van der Waals surface area contributed by atoms with Crippen LogP contribution in [0.15, 0.2) is 36.5 Å². The Bertz CT molecular complexity index is 605. The van der Waals surface area contributed by atoms with Crippen LogP contribution in [0.4, 0.5) is 0 Å². The summed E-state index contributed by atoms with van der Waals surface area (Å²) in [6.07, 6.45) is 0.510. The summed E-state index contributed by atoms with van der Waals surface area (Å²) in [7, 11) is 0. The van der Waals surface area contributed by atoms with E-state index < -0.39 is 55.5 Å². The van der Waals surface area contributed by atoms with Crippen molar-refractivity contribution in [2.75, 3.05) is 13.2 Å². The molecule has 0 bridgehead atoms. The number of aliphatic hydroxyl groups excluding tert-OH is 1. The van der Waals surface area contributed by atoms with E-state index in [2.05, 4.69) is 9.47 Å². The fraction of sp³-hybridized carbons (Fsp3) is 0.267. The van der Waals surface area contributed by atoms with Crippen molar-refractivity contribution in [1.82, 2.24) is 0 Å². The van der Waals surface area contributed by atoms with Gasteiger partial charge in [0.25, 0.3) is 0 Å². The second-order valence-electron chi connectivity index (χ2n) is 4.45. The lowest BCUT2D eigenvalue weighted by Crippen LogP contribution is -2.31. The predicted molar refractivity (Wildman–Crippen MR) is 83.1 cm³/mol. The quantitative estimate of drug-likeness (QED) is 0.175. The standard InChI is InChI=1S/C15H16O12/c16-10(17)1-4-13(22)25-7-9(27-15(24)6-3-12(20)21)8-26-14(23)5-2-11(18)19/h1-6,9,15,24H,7-8H2,(H,16,17)(H,18,19)(H,20,21). The molecular weight excluding hydrogens is 372 g/mol. The number of ether oxygens (including phenoxy) is 3. The molecule has 0 heterocycles. The zero-order chi connectivity index (χ0) is 20.8. The average Bonchev–Trinajstić information content (AvgIpc) is 2.58. The van der Waals surface area contributed by atoms with Crippen LogP contribution in [0.2, 0.25) is 0 Å². The van der Waals surface area contributed by atoms with E-state index in [0.29, 0.717) is 30.4 Å². The normalized spacial score (nSPS) is 13.5. The molecule has 12 heteroatoms. The molecular formula is C15H16O12. The number of esters is 2. The van der Waals surface area contributed by atoms with Gasteiger partial charge in [0.05, 0.1) is 0 Å². The fourth-order valence-electron chi connectivity index (χ4n) is 1.26. The number of hydrogen-bond acceptors (Lipinski definition) is 9. The summed E-state index contributed by atoms with van der Waals surface area (Å²) in [4.78, 5) is 53.5. The molecule has 0 aliphatic heterocycles. The molecule has 0 fully saturated rings. The molecule has 0 saturated heterocycles. The molecule has 0 aromatic heterocycles. The maximum atomic E-state index is 11.3. The van der Waals surface area contributed by atoms with Crippen LogP contribution in [0.3, 0.4) is 0 Å². The highest BCUT2D eigenvalue weighted by atomic mass is 16.6. The Morgan fingerprint density at radius 2 is 1.11 bits per heavy atom. The molecule has 0 rings (SSSR count). The van der Waals surface area contributed by atoms with Crippen molar-refractivity contribution >= 4 is 29.8 Å². The Hall–Kier alpha value is -3.51. The molecule has 0 saturated carbocycles. The molecule has 0 aliphatic rings. The molecule has 27 heavy (non-hydrogen) atoms. The second-order valence-corrected chi connectivity index (χ2v) is 4.45. The molecule has 0 spiro atoms. The lowest BCUT2D eigenvalue weighted by Gasteiger charge is -2.19. The average molecular weight is 388 g/mol. The molecule has 1 atom stereocenters. The zero-order valence-electron chi connectivity index (χ0n) is 13.6. The first-order valence-electron chi connectivity index (χ1n) is 7.00. The SMILES string of the molecule is O=C(O)C=CC(=O)OCC(COC(=O)C=CC(=O)O)OC(O)C=CC(=O)O. The summed E-state index contributed by atoms with van der Waals surface area (Å²) in [5.41, 5.74) is 0. The Morgan fingerprint density at radius 1 is 0.704 bits per heavy atom. The maximum absolute atomic E-state index is 11.3. The smallest absolute Gasteiger partial charge is 0.331 e. The number of aliphatic carboxylic acids is 3. The molecule has 12 nitrogen and oxygen atoms in total. The summed E-state index contributed by atoms with van der Waals surface area (Å²) in [6.45, 7) is -1.20. The Kier molecular flexibility index (Phi) is 11.1. The summed E-state index contributed by atoms with van der Waals surface area (Å²) >= 11 is 0. The lowest BCUT2D eigenvalue weighted by molar-refractivity contribution is -0.166. The van der Waals surface area contributed by atoms with Gasteiger partial charge in [0, 0.05) is 30.4 Å². The van der Waals surface area contributed by atoms with E-state index in [1.54, 1.807) is 0 Å². The first-order valence-corrected chi connectivity index (χ1v) is 7.00. The van der Waals surface area contributed by atoms with Crippen LogP contribution in [0, 0.1) is 0 Å². The second kappa shape index (κ2) is 12.8. The summed E-state index contributed by atoms with van der Waals surface area (Å²) in [6, 6.07) is 0. The predicted octanol–water partition coefficient (Wildman–Crippen LogP) is -1.30. The Balaban J connectivity index is 4.80. The Morgan fingerprint density at radius 3 is 1.48 bits per heavy atom. The van der Waals surface area contributed by atoms with Crippen LogP contribution in [-0.2, 0) is 38.2 Å². The van der Waals surface area contributed by atoms with Crippen molar-refractivity contribution in [1.29, 1.82) is 0 Å². The monoisotopic (exact) mass is 388 g/mol. The van der Waals surface area contributed by atoms with E-state index in [-0.39, 0.29) is 0 Å². The van der Waals surface area contributed by atoms with Gasteiger partial charge < -0.3 is 34.6 Å². The van der Waals surface area contributed by atoms with Crippen LogP contribution in [0.1, 0.15) is 0 Å². The van der Waals surface area contributed by atoms with Gasteiger partial charge in [-0.15, -0.1) is 0 Å². The number of hydrogen-bond donors (Lipinski definition) is 4. The number of carbonyl (C=O) groups is 5. The molecule has 0 aliphatic carbocycles. The van der Waals surface area contributed by atoms with Gasteiger partial charge in [0.1, 0.15) is 19.3 Å². The van der Waals surface area contributed by atoms with Gasteiger partial charge in [-0.05, 0) is 6.08 Å². The van der Waals surface area contributed by atoms with E-state index in [1.807, 2.05) is 0 Å². The number of carbonyl (C=O) groups excluding carboxylic acids is 2. The van der Waals surface area contributed by atoms with Crippen LogP contribution >= 0.6 is 0 Å². The van der Waals surface area contributed by atoms with Gasteiger partial charge in [-0.25, -0.2) is 24.0 Å². The zero-order valence-corrected chi connectivity index (χ0v) is 13.6. The number of carboxylic acids is 3. The van der Waals surface area contributed by atoms with E-state index in [9.17, 15) is 29.1 Å². The molecule has 0 aromatic rings. The van der Waals surface area contributed by atoms with Crippen molar-refractivity contribution in [3.8, 4) is 0 Å². The van der Waals surface area contributed by atoms with Crippen LogP contribution in [0.5, 0.6) is 0 Å². The van der Waals surface area contributed by atoms with Crippen LogP contribution in [-0.4, -0.2) is 75.9 Å². The van der Waals surface area contributed by atoms with Gasteiger partial charge in [-0.1, -0.05) is 0 Å². The largest absolute Gasteiger partial charge is 0.478 e. The number of carboxylic acid groups (broad SMARTS) is 3. The number of aliphatic hydroxyl groups is 1. The summed E-state index contributed by atoms with van der Waals surface area (Å²) in [5, 5.41) is 34.7. The van der Waals surface area contributed by atoms with Crippen molar-refractivity contribution in [3.05, 3.63) is 36.5 Å². The van der Waals surface area contributed by atoms with E-state index in [0.717, 1.165) is 6.08 Å². The van der Waals surface area contributed by atoms with E-state index in [1.165, 1.54) is 0 Å². The molecule has 148 valence electrons. The van der Waals surface area contributed by atoms with E-state index >= 15 is 0 Å². The highest BCUT2D eigenvalue weighted by Gasteiger charge is 2.17. The first-order chi connectivity index (χ1) is 12.6. The summed E-state index contributed by atoms with van der Waals surface area (Å²) in [5.74, 6) is -6.30. The minimum Gasteiger partial charge on any atom is -0.478 e. The van der Waals surface area contributed by atoms with Crippen LogP contribution < -0.4 is 0 Å². The lowest BCUT2D eigenvalue weighted by atomic mass is 10.4. The van der Waals surface area contributed by atoms with Crippen molar-refractivity contribution in [2.45, 2.75) is 12.4 Å². The third-order valence-electron chi connectivity index (χ3n) is 2.28. The van der Waals surface area contributed by atoms with Gasteiger partial charge in [0.15, 0.2) is 6.29 Å². The molecule has 0 aromatic carbocycles. The minimum atomic E-state index is -1.76. The van der Waals surface area contributed by atoms with Crippen molar-refractivity contribution in [3.63, 3.8) is 0 Å². The number of rotatable bonds is 12. The van der Waals surface area contributed by atoms with Gasteiger partial charge in [-0.2, -0.15) is 0 Å². The van der Waals surface area contributed by atoms with Crippen molar-refractivity contribution in [2.24, 2.45) is 0 Å². The van der Waals surface area contributed by atoms with Gasteiger partial charge in [-0.3, -0.25) is 0 Å². The topological polar surface area (TPSA) is 194 Å². The van der Waals surface area contributed by atoms with Gasteiger partial charge in [0.2, 0.25) is 0 Å². The first kappa shape index (κ1) is 23.5. The van der Waals surface area contributed by atoms with Gasteiger partial charge >= 0.3 is 29.8 Å². The van der Waals surface area contributed by atoms with Crippen molar-refractivity contribution < 1.29 is 58.6 Å². The molecule has 0 radical (unpaired) electrons. The minimum absolute atomic E-state index is 0.513. The third-order valence-corrected chi connectivity index (χ3v) is 2.28. The maximum Gasteiger partial charge on any atom is 0.331 e. The third kappa shape index (κ3) is 14.5. The summed E-state index contributed by atoms with van der Waals surface area (Å²) < 4.78 is 14.2. The molecule has 0 amide bonds. The molecule has 4 N–H and O–H groups in total. The fourth-order valence-corrected chi connectivity index (χ4v) is 1.26. The van der Waals surface area contributed by atoms with Crippen LogP contribution in [0.25, 0.3) is 0 Å². The highest BCUT2D eigenvalue weighted by Crippen LogP contribution is 2.02.